The zero-order valence-corrected chi connectivity index (χ0v) is 27.0. The van der Waals surface area contributed by atoms with Crippen LogP contribution in [0.4, 0.5) is 0 Å². The molecular weight excluding hydrogens is 614 g/mol. The quantitative estimate of drug-likeness (QED) is 0.0997. The SMILES string of the molecule is C=C1CC(CNC(=O)C2CCC(=O)N(CC3CCCCC3)C2)=NN1.CC#CC#CC#CC#CC#CC#CC#CC.NN=NN=[N+]([O-])OO.[HH].[HH].[HH].[HH].[HH].[HH].[HH].[HH].[HH]. The number of carbonyl (C=O) groups excluding carboxylic acids is 2. The van der Waals surface area contributed by atoms with Gasteiger partial charge in [-0.05, 0) is 110 Å². The van der Waals surface area contributed by atoms with Gasteiger partial charge in [0, 0.05) is 44.5 Å². The van der Waals surface area contributed by atoms with Gasteiger partial charge in [-0.2, -0.15) is 5.10 Å². The molecule has 3 aliphatic rings. The third-order valence-corrected chi connectivity index (χ3v) is 6.50. The van der Waals surface area contributed by atoms with Gasteiger partial charge in [0.05, 0.1) is 28.4 Å². The summed E-state index contributed by atoms with van der Waals surface area (Å²) in [4.78, 5) is 29.5. The lowest BCUT2D eigenvalue weighted by Gasteiger charge is -2.35. The predicted octanol–water partition coefficient (Wildman–Crippen LogP) is 4.64. The molecule has 5 N–H and O–H groups in total. The molecule has 0 aromatic carbocycles. The first kappa shape index (κ1) is 39.7. The molecule has 48 heavy (non-hydrogen) atoms. The van der Waals surface area contributed by atoms with Crippen molar-refractivity contribution in [3.05, 3.63) is 17.5 Å². The van der Waals surface area contributed by atoms with Gasteiger partial charge in [0.25, 0.3) is 0 Å². The van der Waals surface area contributed by atoms with Crippen molar-refractivity contribution in [1.29, 1.82) is 0 Å². The van der Waals surface area contributed by atoms with Crippen LogP contribution in [0.2, 0.25) is 0 Å². The number of hydrogen-bond donors (Lipinski definition) is 4. The van der Waals surface area contributed by atoms with E-state index in [4.69, 9.17) is 5.26 Å². The summed E-state index contributed by atoms with van der Waals surface area (Å²) in [7, 11) is 0. The highest BCUT2D eigenvalue weighted by molar-refractivity contribution is 5.93. The molecule has 3 rings (SSSR count). The normalized spacial score (nSPS) is 16.1. The fraction of sp³-hybridized carbons (Fsp3) is 0.441. The maximum Gasteiger partial charge on any atom is 0.226 e. The van der Waals surface area contributed by atoms with E-state index in [0.29, 0.717) is 38.3 Å². The highest BCUT2D eigenvalue weighted by Gasteiger charge is 2.31. The van der Waals surface area contributed by atoms with Crippen molar-refractivity contribution in [2.75, 3.05) is 19.6 Å². The van der Waals surface area contributed by atoms with Crippen molar-refractivity contribution in [2.24, 2.45) is 38.4 Å². The summed E-state index contributed by atoms with van der Waals surface area (Å²) in [6, 6.07) is 0. The summed E-state index contributed by atoms with van der Waals surface area (Å²) in [5, 5.41) is 31.2. The number of nitrogens with zero attached hydrogens (tertiary/aromatic N) is 6. The van der Waals surface area contributed by atoms with E-state index >= 15 is 0 Å². The summed E-state index contributed by atoms with van der Waals surface area (Å²) in [5.41, 5.74) is 4.58. The molecule has 2 aliphatic heterocycles. The highest BCUT2D eigenvalue weighted by Crippen LogP contribution is 2.27. The van der Waals surface area contributed by atoms with Crippen LogP contribution < -0.4 is 16.6 Å². The predicted molar refractivity (Wildman–Crippen MR) is 197 cm³/mol. The Balaban J connectivity index is -0.0000000889. The molecule has 14 heteroatoms. The van der Waals surface area contributed by atoms with E-state index in [1.807, 2.05) is 4.90 Å². The monoisotopic (exact) mass is 669 g/mol. The Morgan fingerprint density at radius 3 is 2.10 bits per heavy atom. The summed E-state index contributed by atoms with van der Waals surface area (Å²) in [6.07, 6.45) is 8.15. The molecule has 0 spiro atoms. The number of allylic oxidation sites excluding steroid dienone is 1. The van der Waals surface area contributed by atoms with E-state index in [9.17, 15) is 14.8 Å². The summed E-state index contributed by atoms with van der Waals surface area (Å²) >= 11 is 0. The standard InChI is InChI=1S/C18H28N4O2.C16H6.H3N5O3.9H2/c1-13-9-16(21-20-13)10-19-18(24)15-7-8-17(23)22(12-15)11-14-5-3-2-4-6-14;1-3-5-7-9-11-13-15-16-14-12-10-8-6-4-2;1-2-3-4-5(6)8-7;;;;;;;;;/h14-15,20H,1-12H2,(H,19,24);1-2H3;7H,(H2,1,3);9*1H. The molecule has 266 valence electrons. The fourth-order valence-electron chi connectivity index (χ4n) is 4.42. The van der Waals surface area contributed by atoms with Crippen molar-refractivity contribution < 1.29 is 37.7 Å². The van der Waals surface area contributed by atoms with Crippen molar-refractivity contribution in [3.63, 3.8) is 0 Å². The number of carbonyl (C=O) groups is 2. The first-order chi connectivity index (χ1) is 23.3. The molecule has 1 aliphatic carbocycles. The molecule has 1 unspecified atom stereocenters. The second kappa shape index (κ2) is 25.9. The van der Waals surface area contributed by atoms with Crippen LogP contribution in [0, 0.1) is 99.9 Å². The van der Waals surface area contributed by atoms with Gasteiger partial charge in [0.1, 0.15) is 0 Å². The third-order valence-electron chi connectivity index (χ3n) is 6.50. The van der Waals surface area contributed by atoms with E-state index in [1.54, 1.807) is 13.8 Å². The summed E-state index contributed by atoms with van der Waals surface area (Å²) < 4.78 is 0. The zero-order chi connectivity index (χ0) is 35.2. The van der Waals surface area contributed by atoms with E-state index < -0.39 is 5.02 Å². The van der Waals surface area contributed by atoms with Gasteiger partial charge in [-0.3, -0.25) is 26.1 Å². The van der Waals surface area contributed by atoms with E-state index in [1.165, 1.54) is 32.1 Å². The summed E-state index contributed by atoms with van der Waals surface area (Å²) in [5.74, 6) is 40.8. The van der Waals surface area contributed by atoms with Crippen LogP contribution >= 0.6 is 0 Å². The molecule has 0 aromatic heterocycles. The molecule has 2 amide bonds. The Labute approximate surface area is 294 Å². The van der Waals surface area contributed by atoms with Crippen LogP contribution in [-0.2, 0) is 14.6 Å². The van der Waals surface area contributed by atoms with Crippen molar-refractivity contribution >= 4 is 17.5 Å². The van der Waals surface area contributed by atoms with Crippen molar-refractivity contribution in [3.8, 4) is 82.9 Å². The van der Waals surface area contributed by atoms with Crippen LogP contribution in [0.3, 0.4) is 0 Å². The zero-order valence-electron chi connectivity index (χ0n) is 27.0. The van der Waals surface area contributed by atoms with E-state index in [0.717, 1.165) is 18.0 Å². The average molecular weight is 670 g/mol. The van der Waals surface area contributed by atoms with E-state index in [-0.39, 0.29) is 30.6 Å². The Bertz CT molecular complexity index is 1640. The van der Waals surface area contributed by atoms with Gasteiger partial charge in [0.15, 0.2) is 0 Å². The number of piperidine rings is 1. The molecule has 1 saturated heterocycles. The molecule has 1 saturated carbocycles. The lowest BCUT2D eigenvalue weighted by Crippen LogP contribution is -2.48. The molecule has 2 fully saturated rings. The van der Waals surface area contributed by atoms with Crippen LogP contribution in [0.15, 0.2) is 33.0 Å². The average Bonchev–Trinajstić information content (AvgIpc) is 3.53. The van der Waals surface area contributed by atoms with Gasteiger partial charge in [0.2, 0.25) is 22.3 Å². The van der Waals surface area contributed by atoms with Gasteiger partial charge in [-0.25, -0.2) is 0 Å². The molecule has 2 heterocycles. The number of rotatable bonds is 7. The Morgan fingerprint density at radius 2 is 1.62 bits per heavy atom. The Kier molecular flexibility index (Phi) is 21.4. The van der Waals surface area contributed by atoms with Gasteiger partial charge in [-0.1, -0.05) is 37.7 Å². The number of nitrogens with two attached hydrogens (primary N) is 1. The first-order valence-electron chi connectivity index (χ1n) is 14.8. The molecule has 0 bridgehead atoms. The smallest absolute Gasteiger partial charge is 0.226 e. The molecular formula is C34H55N9O5. The molecule has 0 aromatic rings. The second-order valence-electron chi connectivity index (χ2n) is 9.94. The summed E-state index contributed by atoms with van der Waals surface area (Å²) in [6.45, 7) is 9.09. The highest BCUT2D eigenvalue weighted by atomic mass is 17.2. The minimum absolute atomic E-state index is 0. The van der Waals surface area contributed by atoms with Crippen LogP contribution in [-0.4, -0.2) is 52.3 Å². The molecule has 14 nitrogen and oxygen atoms in total. The van der Waals surface area contributed by atoms with Crippen LogP contribution in [0.1, 0.15) is 78.1 Å². The lowest BCUT2D eigenvalue weighted by molar-refractivity contribution is -0.873. The van der Waals surface area contributed by atoms with Crippen molar-refractivity contribution in [2.45, 2.75) is 65.2 Å². The number of likely N-dealkylation sites (tertiary alicyclic amines) is 1. The van der Waals surface area contributed by atoms with Crippen LogP contribution in [0.5, 0.6) is 0 Å². The number of nitrogens with one attached hydrogen (secondary N) is 2. The fourth-order valence-corrected chi connectivity index (χ4v) is 4.42. The molecule has 0 radical (unpaired) electrons. The first-order valence-corrected chi connectivity index (χ1v) is 14.8. The van der Waals surface area contributed by atoms with Gasteiger partial charge >= 0.3 is 0 Å². The second-order valence-corrected chi connectivity index (χ2v) is 9.94. The maximum atomic E-state index is 12.4. The number of hydrogen-bond acceptors (Lipinski definition) is 8. The minimum atomic E-state index is -0.573. The van der Waals surface area contributed by atoms with E-state index in [2.05, 4.69) is 132 Å². The Morgan fingerprint density at radius 1 is 1.06 bits per heavy atom. The topological polar surface area (TPSA) is 192 Å². The van der Waals surface area contributed by atoms with Crippen LogP contribution in [0.25, 0.3) is 0 Å². The maximum absolute atomic E-state index is 12.4. The lowest BCUT2D eigenvalue weighted by atomic mass is 9.87. The third kappa shape index (κ3) is 19.1. The Hall–Kier alpha value is -6.37. The molecule has 1 atom stereocenters. The number of hydrazone groups is 1. The van der Waals surface area contributed by atoms with Gasteiger partial charge in [-0.15, -0.1) is 0 Å². The number of amides is 2. The van der Waals surface area contributed by atoms with Crippen molar-refractivity contribution in [1.82, 2.24) is 15.6 Å². The minimum Gasteiger partial charge on any atom is -0.350 e. The largest absolute Gasteiger partial charge is 0.350 e. The van der Waals surface area contributed by atoms with Gasteiger partial charge < -0.3 is 20.4 Å².